The Labute approximate surface area is 210 Å². The molecule has 0 unspecified atom stereocenters. The number of hydrogen-bond acceptors (Lipinski definition) is 5. The fourth-order valence-electron chi connectivity index (χ4n) is 5.13. The molecule has 1 heterocycles. The van der Waals surface area contributed by atoms with Crippen LogP contribution in [0.5, 0.6) is 5.75 Å². The minimum atomic E-state index is -5.06. The van der Waals surface area contributed by atoms with E-state index in [1.807, 2.05) is 0 Å². The summed E-state index contributed by atoms with van der Waals surface area (Å²) in [6.07, 6.45) is -0.940. The lowest BCUT2D eigenvalue weighted by atomic mass is 9.97. The highest BCUT2D eigenvalue weighted by atomic mass is 19.4. The highest BCUT2D eigenvalue weighted by Crippen LogP contribution is 2.34. The molecule has 1 aromatic rings. The van der Waals surface area contributed by atoms with Gasteiger partial charge in [-0.25, -0.2) is 4.79 Å². The van der Waals surface area contributed by atoms with Crippen molar-refractivity contribution < 1.29 is 37.0 Å². The fourth-order valence-corrected chi connectivity index (χ4v) is 5.13. The maximum atomic E-state index is 13.8. The number of hydrogen-bond donors (Lipinski definition) is 0. The zero-order chi connectivity index (χ0) is 26.5. The van der Waals surface area contributed by atoms with Crippen molar-refractivity contribution in [3.63, 3.8) is 0 Å². The average molecular weight is 515 g/mol. The summed E-state index contributed by atoms with van der Waals surface area (Å²) in [5.74, 6) is -1.37. The second-order valence-electron chi connectivity index (χ2n) is 9.93. The molecule has 2 aliphatic rings. The number of halogens is 3. The Morgan fingerprint density at radius 2 is 1.75 bits per heavy atom. The highest BCUT2D eigenvalue weighted by Gasteiger charge is 2.52. The minimum Gasteiger partial charge on any atom is -0.497 e. The van der Waals surface area contributed by atoms with Crippen LogP contribution < -0.4 is 4.74 Å². The number of rotatable bonds is 8. The van der Waals surface area contributed by atoms with E-state index in [0.717, 1.165) is 37.0 Å². The van der Waals surface area contributed by atoms with E-state index in [1.165, 1.54) is 12.0 Å². The van der Waals surface area contributed by atoms with Crippen molar-refractivity contribution in [3.05, 3.63) is 29.8 Å². The molecular formula is C26H37F3N2O5. The fraction of sp³-hybridized carbons (Fsp3) is 0.692. The average Bonchev–Trinajstić information content (AvgIpc) is 3.16. The maximum absolute atomic E-state index is 13.8. The summed E-state index contributed by atoms with van der Waals surface area (Å²) in [6, 6.07) is 4.45. The van der Waals surface area contributed by atoms with E-state index < -0.39 is 42.4 Å². The summed E-state index contributed by atoms with van der Waals surface area (Å²) < 4.78 is 58.0. The molecule has 1 aliphatic heterocycles. The van der Waals surface area contributed by atoms with Crippen LogP contribution in [0.2, 0.25) is 0 Å². The molecule has 36 heavy (non-hydrogen) atoms. The van der Waals surface area contributed by atoms with Crippen molar-refractivity contribution in [3.8, 4) is 5.75 Å². The lowest BCUT2D eigenvalue weighted by Gasteiger charge is -2.37. The number of alkyl halides is 3. The van der Waals surface area contributed by atoms with Gasteiger partial charge in [0, 0.05) is 12.6 Å². The summed E-state index contributed by atoms with van der Waals surface area (Å²) >= 11 is 0. The van der Waals surface area contributed by atoms with E-state index in [9.17, 15) is 22.8 Å². The van der Waals surface area contributed by atoms with Gasteiger partial charge in [0.05, 0.1) is 38.0 Å². The summed E-state index contributed by atoms with van der Waals surface area (Å²) in [6.45, 7) is 4.97. The van der Waals surface area contributed by atoms with Gasteiger partial charge in [-0.2, -0.15) is 13.2 Å². The van der Waals surface area contributed by atoms with Crippen molar-refractivity contribution >= 4 is 12.0 Å². The third kappa shape index (κ3) is 7.05. The zero-order valence-electron chi connectivity index (χ0n) is 21.4. The first-order valence-corrected chi connectivity index (χ1v) is 12.6. The standard InChI is InChI=1S/C26H37F3N2O5/c1-17(2)36-25(33)31-18(3)14-22(23(31)16-35-21-8-6-5-7-9-21)30(24(32)26(27,28)29)15-19-10-12-20(34-4)13-11-19/h10-13,17-18,21-23H,5-9,14-16H2,1-4H3/t18-,22+,23+/m1/s1. The summed E-state index contributed by atoms with van der Waals surface area (Å²) in [5.41, 5.74) is 0.524. The van der Waals surface area contributed by atoms with E-state index in [-0.39, 0.29) is 25.7 Å². The first kappa shape index (κ1) is 28.1. The second kappa shape index (κ2) is 12.2. The molecule has 0 aromatic heterocycles. The van der Waals surface area contributed by atoms with Gasteiger partial charge in [-0.3, -0.25) is 9.69 Å². The van der Waals surface area contributed by atoms with Gasteiger partial charge >= 0.3 is 18.2 Å². The molecular weight excluding hydrogens is 477 g/mol. The number of carbonyl (C=O) groups excluding carboxylic acids is 2. The number of carbonyl (C=O) groups is 2. The molecule has 1 saturated carbocycles. The Kier molecular flexibility index (Phi) is 9.49. The van der Waals surface area contributed by atoms with Crippen molar-refractivity contribution in [1.82, 2.24) is 9.80 Å². The van der Waals surface area contributed by atoms with Crippen molar-refractivity contribution in [1.29, 1.82) is 0 Å². The Morgan fingerprint density at radius 3 is 2.31 bits per heavy atom. The quantitative estimate of drug-likeness (QED) is 0.470. The Bertz CT molecular complexity index is 871. The van der Waals surface area contributed by atoms with Gasteiger partial charge in [0.1, 0.15) is 5.75 Å². The molecule has 1 saturated heterocycles. The molecule has 0 N–H and O–H groups in total. The predicted octanol–water partition coefficient (Wildman–Crippen LogP) is 5.31. The largest absolute Gasteiger partial charge is 0.497 e. The minimum absolute atomic E-state index is 0.00775. The number of nitrogens with zero attached hydrogens (tertiary/aromatic N) is 2. The van der Waals surface area contributed by atoms with Crippen LogP contribution in [0.25, 0.3) is 0 Å². The van der Waals surface area contributed by atoms with Gasteiger partial charge < -0.3 is 19.1 Å². The molecule has 10 heteroatoms. The maximum Gasteiger partial charge on any atom is 0.471 e. The van der Waals surface area contributed by atoms with Crippen LogP contribution >= 0.6 is 0 Å². The third-order valence-electron chi connectivity index (χ3n) is 6.88. The molecule has 2 amide bonds. The van der Waals surface area contributed by atoms with Gasteiger partial charge in [0.25, 0.3) is 0 Å². The molecule has 0 radical (unpaired) electrons. The molecule has 2 fully saturated rings. The number of amides is 2. The van der Waals surface area contributed by atoms with E-state index in [2.05, 4.69) is 0 Å². The van der Waals surface area contributed by atoms with Crippen LogP contribution in [0.1, 0.15) is 64.9 Å². The Morgan fingerprint density at radius 1 is 1.11 bits per heavy atom. The van der Waals surface area contributed by atoms with E-state index in [0.29, 0.717) is 11.3 Å². The van der Waals surface area contributed by atoms with Crippen LogP contribution in [-0.2, 0) is 20.8 Å². The molecule has 1 aliphatic carbocycles. The highest BCUT2D eigenvalue weighted by molar-refractivity contribution is 5.82. The van der Waals surface area contributed by atoms with Gasteiger partial charge in [-0.1, -0.05) is 31.4 Å². The molecule has 7 nitrogen and oxygen atoms in total. The van der Waals surface area contributed by atoms with Crippen molar-refractivity contribution in [2.45, 2.75) is 102 Å². The van der Waals surface area contributed by atoms with Crippen LogP contribution in [0.3, 0.4) is 0 Å². The summed E-state index contributed by atoms with van der Waals surface area (Å²) in [7, 11) is 1.50. The van der Waals surface area contributed by atoms with Crippen LogP contribution in [0, 0.1) is 0 Å². The van der Waals surface area contributed by atoms with Gasteiger partial charge in [-0.15, -0.1) is 0 Å². The summed E-state index contributed by atoms with van der Waals surface area (Å²) in [5, 5.41) is 0. The van der Waals surface area contributed by atoms with Crippen LogP contribution in [0.4, 0.5) is 18.0 Å². The third-order valence-corrected chi connectivity index (χ3v) is 6.88. The van der Waals surface area contributed by atoms with Crippen LogP contribution in [-0.4, -0.2) is 72.0 Å². The number of benzene rings is 1. The SMILES string of the molecule is COc1ccc(CN(C(=O)C(F)(F)F)[C@H]2C[C@@H](C)N(C(=O)OC(C)C)[C@H]2COC2CCCCC2)cc1. The van der Waals surface area contributed by atoms with Gasteiger partial charge in [0.15, 0.2) is 0 Å². The Balaban J connectivity index is 1.92. The van der Waals surface area contributed by atoms with Gasteiger partial charge in [0.2, 0.25) is 0 Å². The molecule has 3 atom stereocenters. The Hall–Kier alpha value is -2.49. The lowest BCUT2D eigenvalue weighted by Crippen LogP contribution is -2.54. The number of ether oxygens (including phenoxy) is 3. The topological polar surface area (TPSA) is 68.3 Å². The number of likely N-dealkylation sites (tertiary alicyclic amines) is 1. The molecule has 3 rings (SSSR count). The monoisotopic (exact) mass is 514 g/mol. The number of methoxy groups -OCH3 is 1. The molecule has 0 bridgehead atoms. The second-order valence-corrected chi connectivity index (χ2v) is 9.93. The van der Waals surface area contributed by atoms with Crippen LogP contribution in [0.15, 0.2) is 24.3 Å². The smallest absolute Gasteiger partial charge is 0.471 e. The van der Waals surface area contributed by atoms with E-state index in [1.54, 1.807) is 45.0 Å². The lowest BCUT2D eigenvalue weighted by molar-refractivity contribution is -0.189. The summed E-state index contributed by atoms with van der Waals surface area (Å²) in [4.78, 5) is 28.0. The van der Waals surface area contributed by atoms with Crippen molar-refractivity contribution in [2.24, 2.45) is 0 Å². The molecule has 202 valence electrons. The van der Waals surface area contributed by atoms with Crippen molar-refractivity contribution in [2.75, 3.05) is 13.7 Å². The van der Waals surface area contributed by atoms with E-state index in [4.69, 9.17) is 14.2 Å². The first-order valence-electron chi connectivity index (χ1n) is 12.6. The van der Waals surface area contributed by atoms with Gasteiger partial charge in [-0.05, 0) is 57.7 Å². The van der Waals surface area contributed by atoms with E-state index >= 15 is 0 Å². The molecule has 0 spiro atoms. The normalized spacial score (nSPS) is 23.1. The zero-order valence-corrected chi connectivity index (χ0v) is 21.4. The predicted molar refractivity (Wildman–Crippen MR) is 128 cm³/mol. The molecule has 1 aromatic carbocycles. The first-order chi connectivity index (χ1) is 17.0.